The lowest BCUT2D eigenvalue weighted by atomic mass is 9.61. The molecule has 0 unspecified atom stereocenters. The fourth-order valence-corrected chi connectivity index (χ4v) is 3.66. The van der Waals surface area contributed by atoms with Gasteiger partial charge in [0.1, 0.15) is 5.75 Å². The van der Waals surface area contributed by atoms with Gasteiger partial charge < -0.3 is 24.8 Å². The number of methoxy groups -OCH3 is 1. The van der Waals surface area contributed by atoms with Crippen LogP contribution in [0.5, 0.6) is 5.75 Å². The predicted octanol–water partition coefficient (Wildman–Crippen LogP) is -0.0261. The van der Waals surface area contributed by atoms with E-state index in [1.165, 1.54) is 32.2 Å². The third kappa shape index (κ3) is 2.21. The van der Waals surface area contributed by atoms with Crippen molar-refractivity contribution in [2.24, 2.45) is 0 Å². The number of carbonyl (C=O) groups is 3. The van der Waals surface area contributed by atoms with Gasteiger partial charge in [-0.3, -0.25) is 14.4 Å². The van der Waals surface area contributed by atoms with Crippen LogP contribution in [0.1, 0.15) is 40.5 Å². The number of hydrogen-bond acceptors (Lipinski definition) is 8. The number of phenolic OH excluding ortho intramolecular Hbond substituents is 1. The van der Waals surface area contributed by atoms with E-state index in [1.54, 1.807) is 0 Å². The highest BCUT2D eigenvalue weighted by molar-refractivity contribution is 6.23. The van der Waals surface area contributed by atoms with Crippen molar-refractivity contribution in [3.8, 4) is 5.75 Å². The minimum absolute atomic E-state index is 0.181. The van der Waals surface area contributed by atoms with E-state index in [0.717, 1.165) is 0 Å². The summed E-state index contributed by atoms with van der Waals surface area (Å²) in [6.07, 6.45) is -2.93. The monoisotopic (exact) mass is 350 g/mol. The van der Waals surface area contributed by atoms with Gasteiger partial charge >= 0.3 is 5.97 Å². The van der Waals surface area contributed by atoms with Crippen LogP contribution < -0.4 is 0 Å². The molecule has 1 heterocycles. The Morgan fingerprint density at radius 2 is 2.00 bits per heavy atom. The molecule has 0 amide bonds. The average Bonchev–Trinajstić information content (AvgIpc) is 2.56. The van der Waals surface area contributed by atoms with E-state index >= 15 is 0 Å². The number of hydrogen-bond donors (Lipinski definition) is 3. The highest BCUT2D eigenvalue weighted by Crippen LogP contribution is 2.48. The van der Waals surface area contributed by atoms with E-state index in [-0.39, 0.29) is 17.5 Å². The van der Waals surface area contributed by atoms with Crippen LogP contribution in [-0.4, -0.2) is 63.4 Å². The number of rotatable bonds is 2. The number of aliphatic hydroxyl groups is 2. The molecule has 1 aliphatic carbocycles. The first-order chi connectivity index (χ1) is 11.7. The lowest BCUT2D eigenvalue weighted by Crippen LogP contribution is -2.75. The fraction of sp³-hybridized carbons (Fsp3) is 0.471. The molecule has 0 spiro atoms. The molecule has 0 saturated carbocycles. The van der Waals surface area contributed by atoms with Gasteiger partial charge in [0.2, 0.25) is 11.6 Å². The molecule has 8 nitrogen and oxygen atoms in total. The van der Waals surface area contributed by atoms with Crippen molar-refractivity contribution in [3.05, 3.63) is 29.3 Å². The van der Waals surface area contributed by atoms with Crippen molar-refractivity contribution < 1.29 is 39.2 Å². The van der Waals surface area contributed by atoms with Gasteiger partial charge in [0.15, 0.2) is 11.2 Å². The van der Waals surface area contributed by atoms with E-state index in [9.17, 15) is 29.7 Å². The maximum absolute atomic E-state index is 12.9. The molecule has 1 aromatic carbocycles. The molecule has 3 rings (SSSR count). The molecule has 3 N–H and O–H groups in total. The summed E-state index contributed by atoms with van der Waals surface area (Å²) in [5.41, 5.74) is -5.56. The quantitative estimate of drug-likeness (QED) is 0.634. The number of esters is 1. The molecular weight excluding hydrogens is 332 g/mol. The highest BCUT2D eigenvalue weighted by atomic mass is 16.5. The van der Waals surface area contributed by atoms with E-state index in [0.29, 0.717) is 0 Å². The fourth-order valence-electron chi connectivity index (χ4n) is 3.66. The summed E-state index contributed by atoms with van der Waals surface area (Å²) < 4.78 is 10.1. The zero-order valence-electron chi connectivity index (χ0n) is 13.7. The number of phenols is 1. The molecule has 1 saturated heterocycles. The topological polar surface area (TPSA) is 130 Å². The average molecular weight is 350 g/mol. The summed E-state index contributed by atoms with van der Waals surface area (Å²) in [6, 6.07) is 3.87. The van der Waals surface area contributed by atoms with Crippen molar-refractivity contribution in [1.82, 2.24) is 0 Å². The number of benzene rings is 1. The Morgan fingerprint density at radius 1 is 1.32 bits per heavy atom. The maximum atomic E-state index is 12.9. The van der Waals surface area contributed by atoms with Gasteiger partial charge in [-0.05, 0) is 13.0 Å². The minimum Gasteiger partial charge on any atom is -0.507 e. The first kappa shape index (κ1) is 17.5. The second-order valence-electron chi connectivity index (χ2n) is 6.37. The van der Waals surface area contributed by atoms with Gasteiger partial charge in [0.05, 0.1) is 31.3 Å². The van der Waals surface area contributed by atoms with Crippen molar-refractivity contribution in [2.75, 3.05) is 7.11 Å². The summed E-state index contributed by atoms with van der Waals surface area (Å²) in [6.45, 7) is 1.34. The molecule has 1 aromatic rings. The molecule has 0 bridgehead atoms. The second-order valence-corrected chi connectivity index (χ2v) is 6.37. The molecule has 2 aliphatic rings. The summed E-state index contributed by atoms with van der Waals surface area (Å²) in [5, 5.41) is 32.0. The molecule has 1 fully saturated rings. The van der Waals surface area contributed by atoms with Crippen LogP contribution in [0.25, 0.3) is 0 Å². The minimum atomic E-state index is -2.52. The summed E-state index contributed by atoms with van der Waals surface area (Å²) in [7, 11) is 1.18. The third-order valence-corrected chi connectivity index (χ3v) is 5.00. The number of ether oxygens (including phenoxy) is 2. The van der Waals surface area contributed by atoms with Gasteiger partial charge in [-0.1, -0.05) is 12.1 Å². The van der Waals surface area contributed by atoms with Crippen LogP contribution in [-0.2, 0) is 14.3 Å². The standard InChI is InChI=1S/C17H18O8/c1-8-17(23)14(20)10-4-3-5-11(18)13(10)15(21)16(17,22)7-9(25-8)6-12(19)24-2/h3-5,8-9,18,22-23H,6-7H2,1-2H3/t8-,9+,16-,17-/m1/s1. The number of ketones is 2. The van der Waals surface area contributed by atoms with Crippen LogP contribution in [0, 0.1) is 0 Å². The Labute approximate surface area is 143 Å². The summed E-state index contributed by atoms with van der Waals surface area (Å²) in [5.74, 6) is -2.98. The van der Waals surface area contributed by atoms with Crippen molar-refractivity contribution in [3.63, 3.8) is 0 Å². The van der Waals surface area contributed by atoms with Gasteiger partial charge in [0, 0.05) is 12.0 Å². The van der Waals surface area contributed by atoms with Gasteiger partial charge in [-0.15, -0.1) is 0 Å². The maximum Gasteiger partial charge on any atom is 0.308 e. The van der Waals surface area contributed by atoms with Gasteiger partial charge in [-0.2, -0.15) is 0 Å². The largest absolute Gasteiger partial charge is 0.507 e. The Balaban J connectivity index is 2.12. The Kier molecular flexibility index (Phi) is 3.94. The molecule has 0 aromatic heterocycles. The molecule has 1 aliphatic heterocycles. The van der Waals surface area contributed by atoms with Crippen molar-refractivity contribution >= 4 is 17.5 Å². The zero-order chi connectivity index (χ0) is 18.6. The van der Waals surface area contributed by atoms with Crippen LogP contribution in [0.3, 0.4) is 0 Å². The number of aromatic hydroxyl groups is 1. The van der Waals surface area contributed by atoms with Gasteiger partial charge in [-0.25, -0.2) is 0 Å². The van der Waals surface area contributed by atoms with Gasteiger partial charge in [0.25, 0.3) is 0 Å². The molecule has 134 valence electrons. The van der Waals surface area contributed by atoms with E-state index in [2.05, 4.69) is 4.74 Å². The molecule has 8 heteroatoms. The van der Waals surface area contributed by atoms with E-state index in [4.69, 9.17) is 4.74 Å². The van der Waals surface area contributed by atoms with Crippen molar-refractivity contribution in [2.45, 2.75) is 43.2 Å². The summed E-state index contributed by atoms with van der Waals surface area (Å²) >= 11 is 0. The number of carbonyl (C=O) groups excluding carboxylic acids is 3. The smallest absolute Gasteiger partial charge is 0.308 e. The van der Waals surface area contributed by atoms with Crippen LogP contribution in [0.15, 0.2) is 18.2 Å². The second kappa shape index (κ2) is 5.62. The molecular formula is C17H18O8. The SMILES string of the molecule is COC(=O)C[C@H]1C[C@@]2(O)C(=O)c3c(O)cccc3C(=O)[C@]2(O)[C@@H](C)O1. The number of fused-ring (bicyclic) bond motifs is 2. The third-order valence-electron chi connectivity index (χ3n) is 5.00. The van der Waals surface area contributed by atoms with Crippen LogP contribution >= 0.6 is 0 Å². The molecule has 0 radical (unpaired) electrons. The van der Waals surface area contributed by atoms with Crippen LogP contribution in [0.4, 0.5) is 0 Å². The lowest BCUT2D eigenvalue weighted by molar-refractivity contribution is -0.228. The highest BCUT2D eigenvalue weighted by Gasteiger charge is 2.69. The van der Waals surface area contributed by atoms with E-state index < -0.39 is 53.1 Å². The van der Waals surface area contributed by atoms with Crippen LogP contribution in [0.2, 0.25) is 0 Å². The first-order valence-corrected chi connectivity index (χ1v) is 7.75. The molecule has 25 heavy (non-hydrogen) atoms. The Morgan fingerprint density at radius 3 is 2.64 bits per heavy atom. The van der Waals surface area contributed by atoms with Crippen molar-refractivity contribution in [1.29, 1.82) is 0 Å². The Hall–Kier alpha value is -2.29. The lowest BCUT2D eigenvalue weighted by Gasteiger charge is -2.52. The predicted molar refractivity (Wildman–Crippen MR) is 82.3 cm³/mol. The zero-order valence-corrected chi connectivity index (χ0v) is 13.7. The normalized spacial score (nSPS) is 34.2. The first-order valence-electron chi connectivity index (χ1n) is 7.75. The molecule has 4 atom stereocenters. The number of Topliss-reactive ketones (excluding diaryl/α,β-unsaturated/α-hetero) is 2. The summed E-state index contributed by atoms with van der Waals surface area (Å²) in [4.78, 5) is 37.2. The Bertz CT molecular complexity index is 772. The van der Waals surface area contributed by atoms with E-state index in [1.807, 2.05) is 0 Å².